The van der Waals surface area contributed by atoms with E-state index in [9.17, 15) is 4.79 Å². The van der Waals surface area contributed by atoms with Gasteiger partial charge in [0.05, 0.1) is 24.0 Å². The third kappa shape index (κ3) is 3.18. The number of anilines is 1. The molecule has 0 unspecified atom stereocenters. The third-order valence-corrected chi connectivity index (χ3v) is 2.08. The molecule has 1 aromatic rings. The normalized spacial score (nSPS) is 8.88. The van der Waals surface area contributed by atoms with Crippen molar-refractivity contribution < 1.29 is 4.79 Å². The summed E-state index contributed by atoms with van der Waals surface area (Å²) in [6, 6.07) is 6.94. The number of rotatable bonds is 4. The van der Waals surface area contributed by atoms with Gasteiger partial charge in [0.15, 0.2) is 0 Å². The van der Waals surface area contributed by atoms with Crippen LogP contribution in [0.3, 0.4) is 0 Å². The van der Waals surface area contributed by atoms with Gasteiger partial charge >= 0.3 is 0 Å². The van der Waals surface area contributed by atoms with Gasteiger partial charge in [0.25, 0.3) is 5.91 Å². The Balaban J connectivity index is 2.86. The molecule has 0 bridgehead atoms. The highest BCUT2D eigenvalue weighted by atomic mass is 16.2. The summed E-state index contributed by atoms with van der Waals surface area (Å²) in [5.41, 5.74) is 1.00. The highest BCUT2D eigenvalue weighted by molar-refractivity contribution is 5.92. The van der Waals surface area contributed by atoms with E-state index in [0.29, 0.717) is 0 Å². The predicted octanol–water partition coefficient (Wildman–Crippen LogP) is 0.613. The molecule has 0 aliphatic rings. The van der Waals surface area contributed by atoms with E-state index in [1.807, 2.05) is 12.1 Å². The van der Waals surface area contributed by atoms with E-state index in [4.69, 9.17) is 10.5 Å². The lowest BCUT2D eigenvalue weighted by atomic mass is 10.3. The van der Waals surface area contributed by atoms with Gasteiger partial charge in [-0.2, -0.15) is 10.5 Å². The fourth-order valence-electron chi connectivity index (χ4n) is 1.20. The van der Waals surface area contributed by atoms with Crippen molar-refractivity contribution in [3.05, 3.63) is 24.0 Å². The molecular formula is C11H11N5O. The van der Waals surface area contributed by atoms with Crippen molar-refractivity contribution in [2.75, 3.05) is 25.5 Å². The molecule has 0 aliphatic heterocycles. The largest absolute Gasteiger partial charge is 0.387 e. The van der Waals surface area contributed by atoms with Crippen LogP contribution >= 0.6 is 0 Å². The SMILES string of the molecule is CNc1ccc(C(=O)N(CC#N)CC#N)nc1. The number of nitrogens with one attached hydrogen (secondary N) is 1. The second-order valence-electron chi connectivity index (χ2n) is 3.16. The van der Waals surface area contributed by atoms with Crippen LogP contribution in [0.25, 0.3) is 0 Å². The van der Waals surface area contributed by atoms with Crippen LogP contribution in [0.5, 0.6) is 0 Å². The first-order valence-electron chi connectivity index (χ1n) is 4.90. The van der Waals surface area contributed by atoms with Crippen molar-refractivity contribution in [2.45, 2.75) is 0 Å². The molecule has 1 rings (SSSR count). The van der Waals surface area contributed by atoms with Gasteiger partial charge in [0.2, 0.25) is 0 Å². The average Bonchev–Trinajstić information content (AvgIpc) is 2.38. The molecule has 1 aromatic heterocycles. The molecule has 0 saturated carbocycles. The number of nitrogens with zero attached hydrogens (tertiary/aromatic N) is 4. The standard InChI is InChI=1S/C11H11N5O/c1-14-9-2-3-10(15-8-9)11(17)16(6-4-12)7-5-13/h2-3,8,14H,6-7H2,1H3. The summed E-state index contributed by atoms with van der Waals surface area (Å²) in [6.45, 7) is -0.246. The molecule has 0 aromatic carbocycles. The molecule has 17 heavy (non-hydrogen) atoms. The molecule has 0 spiro atoms. The van der Waals surface area contributed by atoms with Crippen LogP contribution in [0.4, 0.5) is 5.69 Å². The summed E-state index contributed by atoms with van der Waals surface area (Å²) in [4.78, 5) is 17.0. The summed E-state index contributed by atoms with van der Waals surface area (Å²) in [7, 11) is 1.75. The molecule has 0 atom stereocenters. The molecule has 0 fully saturated rings. The van der Waals surface area contributed by atoms with E-state index in [0.717, 1.165) is 10.6 Å². The van der Waals surface area contributed by atoms with Crippen LogP contribution in [0.1, 0.15) is 10.5 Å². The monoisotopic (exact) mass is 229 g/mol. The summed E-state index contributed by atoms with van der Waals surface area (Å²) in [5.74, 6) is -0.421. The topological polar surface area (TPSA) is 92.8 Å². The first-order chi connectivity index (χ1) is 8.22. The number of hydrogen-bond donors (Lipinski definition) is 1. The Bertz CT molecular complexity index is 452. The van der Waals surface area contributed by atoms with E-state index >= 15 is 0 Å². The number of nitriles is 2. The molecule has 6 heteroatoms. The summed E-state index contributed by atoms with van der Waals surface area (Å²) >= 11 is 0. The average molecular weight is 229 g/mol. The van der Waals surface area contributed by atoms with Crippen molar-refractivity contribution in [2.24, 2.45) is 0 Å². The number of carbonyl (C=O) groups excluding carboxylic acids is 1. The van der Waals surface area contributed by atoms with Gasteiger partial charge in [-0.15, -0.1) is 0 Å². The number of carbonyl (C=O) groups is 1. The van der Waals surface area contributed by atoms with Crippen molar-refractivity contribution in [3.8, 4) is 12.1 Å². The second-order valence-corrected chi connectivity index (χ2v) is 3.16. The van der Waals surface area contributed by atoms with Gasteiger partial charge in [-0.1, -0.05) is 0 Å². The molecule has 6 nitrogen and oxygen atoms in total. The smallest absolute Gasteiger partial charge is 0.274 e. The molecule has 0 radical (unpaired) electrons. The number of hydrogen-bond acceptors (Lipinski definition) is 5. The quantitative estimate of drug-likeness (QED) is 0.763. The van der Waals surface area contributed by atoms with Crippen LogP contribution in [0.15, 0.2) is 18.3 Å². The molecule has 1 heterocycles. The van der Waals surface area contributed by atoms with Crippen LogP contribution < -0.4 is 5.32 Å². The van der Waals surface area contributed by atoms with E-state index in [-0.39, 0.29) is 18.8 Å². The molecule has 0 saturated heterocycles. The van der Waals surface area contributed by atoms with Gasteiger partial charge in [-0.05, 0) is 12.1 Å². The second kappa shape index (κ2) is 6.09. The lowest BCUT2D eigenvalue weighted by Crippen LogP contribution is -2.32. The zero-order chi connectivity index (χ0) is 12.7. The maximum absolute atomic E-state index is 11.9. The van der Waals surface area contributed by atoms with Crippen molar-refractivity contribution in [1.29, 1.82) is 10.5 Å². The fraction of sp³-hybridized carbons (Fsp3) is 0.273. The van der Waals surface area contributed by atoms with Gasteiger partial charge in [-0.3, -0.25) is 4.79 Å². The Hall–Kier alpha value is -2.60. The predicted molar refractivity (Wildman–Crippen MR) is 60.9 cm³/mol. The van der Waals surface area contributed by atoms with Gasteiger partial charge in [0, 0.05) is 7.05 Å². The van der Waals surface area contributed by atoms with Crippen molar-refractivity contribution in [1.82, 2.24) is 9.88 Å². The highest BCUT2D eigenvalue weighted by Crippen LogP contribution is 2.07. The number of amides is 1. The van der Waals surface area contributed by atoms with Crippen LogP contribution in [0, 0.1) is 22.7 Å². The number of aromatic nitrogens is 1. The lowest BCUT2D eigenvalue weighted by Gasteiger charge is -2.14. The van der Waals surface area contributed by atoms with Crippen LogP contribution in [-0.2, 0) is 0 Å². The third-order valence-electron chi connectivity index (χ3n) is 2.08. The Labute approximate surface area is 99.1 Å². The zero-order valence-electron chi connectivity index (χ0n) is 9.34. The Kier molecular flexibility index (Phi) is 4.46. The summed E-state index contributed by atoms with van der Waals surface area (Å²) < 4.78 is 0. The highest BCUT2D eigenvalue weighted by Gasteiger charge is 2.16. The first-order valence-corrected chi connectivity index (χ1v) is 4.90. The Morgan fingerprint density at radius 3 is 2.47 bits per heavy atom. The van der Waals surface area contributed by atoms with Gasteiger partial charge in [-0.25, -0.2) is 4.98 Å². The minimum atomic E-state index is -0.421. The summed E-state index contributed by atoms with van der Waals surface area (Å²) in [5, 5.41) is 20.0. The molecule has 1 amide bonds. The molecule has 0 aliphatic carbocycles. The first kappa shape index (κ1) is 12.5. The van der Waals surface area contributed by atoms with E-state index < -0.39 is 5.91 Å². The Morgan fingerprint density at radius 2 is 2.06 bits per heavy atom. The molecule has 86 valence electrons. The molecule has 1 N–H and O–H groups in total. The minimum Gasteiger partial charge on any atom is -0.387 e. The van der Waals surface area contributed by atoms with E-state index in [1.165, 1.54) is 6.20 Å². The maximum atomic E-state index is 11.9. The van der Waals surface area contributed by atoms with E-state index in [2.05, 4.69) is 10.3 Å². The molecular weight excluding hydrogens is 218 g/mol. The maximum Gasteiger partial charge on any atom is 0.274 e. The van der Waals surface area contributed by atoms with Crippen molar-refractivity contribution in [3.63, 3.8) is 0 Å². The van der Waals surface area contributed by atoms with Gasteiger partial charge in [0.1, 0.15) is 18.8 Å². The van der Waals surface area contributed by atoms with Crippen molar-refractivity contribution >= 4 is 11.6 Å². The van der Waals surface area contributed by atoms with Gasteiger partial charge < -0.3 is 10.2 Å². The van der Waals surface area contributed by atoms with Crippen LogP contribution in [0.2, 0.25) is 0 Å². The zero-order valence-corrected chi connectivity index (χ0v) is 9.34. The number of pyridine rings is 1. The van der Waals surface area contributed by atoms with Crippen LogP contribution in [-0.4, -0.2) is 35.9 Å². The lowest BCUT2D eigenvalue weighted by molar-refractivity contribution is 0.0789. The summed E-state index contributed by atoms with van der Waals surface area (Å²) in [6.07, 6.45) is 1.52. The minimum absolute atomic E-state index is 0.123. The van der Waals surface area contributed by atoms with E-state index in [1.54, 1.807) is 19.2 Å². The fourth-order valence-corrected chi connectivity index (χ4v) is 1.20. The Morgan fingerprint density at radius 1 is 1.41 bits per heavy atom.